The van der Waals surface area contributed by atoms with Gasteiger partial charge in [-0.15, -0.1) is 0 Å². The third kappa shape index (κ3) is 5.62. The average Bonchev–Trinajstić information content (AvgIpc) is 2.53. The normalized spacial score (nSPS) is 10.7. The Bertz CT molecular complexity index is 682. The van der Waals surface area contributed by atoms with Crippen molar-refractivity contribution in [3.05, 3.63) is 47.3 Å². The minimum absolute atomic E-state index is 0.235. The topological polar surface area (TPSA) is 70.2 Å². The highest BCUT2D eigenvalue weighted by Gasteiger charge is 2.11. The van der Waals surface area contributed by atoms with Crippen LogP contribution in [0.25, 0.3) is 0 Å². The van der Waals surface area contributed by atoms with Crippen molar-refractivity contribution in [3.8, 4) is 0 Å². The first-order valence-electron chi connectivity index (χ1n) is 8.06. The molecule has 128 valence electrons. The lowest BCUT2D eigenvalue weighted by Gasteiger charge is -2.11. The van der Waals surface area contributed by atoms with E-state index in [-0.39, 0.29) is 5.91 Å². The number of hydrogen-bond donors (Lipinski definition) is 2. The van der Waals surface area contributed by atoms with E-state index < -0.39 is 0 Å². The molecule has 1 aromatic heterocycles. The lowest BCUT2D eigenvalue weighted by Crippen LogP contribution is -2.19. The van der Waals surface area contributed by atoms with E-state index in [4.69, 9.17) is 0 Å². The molecular weight excluding hydrogens is 302 g/mol. The van der Waals surface area contributed by atoms with Gasteiger partial charge in [0.1, 0.15) is 5.69 Å². The number of nitrogens with zero attached hydrogens (tertiary/aromatic N) is 3. The molecule has 0 unspecified atom stereocenters. The predicted molar refractivity (Wildman–Crippen MR) is 97.6 cm³/mol. The molecule has 2 rings (SSSR count). The molecule has 0 aliphatic heterocycles. The van der Waals surface area contributed by atoms with E-state index in [9.17, 15) is 4.79 Å². The molecule has 6 nitrogen and oxygen atoms in total. The molecule has 0 radical (unpaired) electrons. The summed E-state index contributed by atoms with van der Waals surface area (Å²) >= 11 is 0. The molecular formula is C18H25N5O. The molecule has 0 saturated heterocycles. The Morgan fingerprint density at radius 1 is 1.12 bits per heavy atom. The fraction of sp³-hybridized carbons (Fsp3) is 0.389. The molecule has 2 aromatic rings. The third-order valence-corrected chi connectivity index (χ3v) is 3.46. The molecule has 0 fully saturated rings. The lowest BCUT2D eigenvalue weighted by molar-refractivity contribution is 0.102. The van der Waals surface area contributed by atoms with Crippen LogP contribution in [0.4, 0.5) is 11.6 Å². The smallest absolute Gasteiger partial charge is 0.274 e. The maximum Gasteiger partial charge on any atom is 0.274 e. The number of aryl methyl sites for hydroxylation is 2. The summed E-state index contributed by atoms with van der Waals surface area (Å²) in [5.74, 6) is 0.253. The van der Waals surface area contributed by atoms with Gasteiger partial charge in [0.05, 0.1) is 0 Å². The monoisotopic (exact) mass is 327 g/mol. The number of rotatable bonds is 7. The van der Waals surface area contributed by atoms with E-state index in [0.717, 1.165) is 36.5 Å². The van der Waals surface area contributed by atoms with E-state index in [1.807, 2.05) is 52.2 Å². The van der Waals surface area contributed by atoms with Crippen molar-refractivity contribution in [1.29, 1.82) is 0 Å². The first kappa shape index (κ1) is 17.9. The standard InChI is InChI=1S/C18H25N5O/c1-13-6-8-15(9-7-13)21-17(24)16-12-14(2)20-18(22-16)19-10-5-11-23(3)4/h6-9,12H,5,10-11H2,1-4H3,(H,21,24)(H,19,20,22). The second-order valence-corrected chi connectivity index (χ2v) is 6.12. The Labute approximate surface area is 143 Å². The van der Waals surface area contributed by atoms with E-state index in [0.29, 0.717) is 11.6 Å². The number of benzene rings is 1. The van der Waals surface area contributed by atoms with Gasteiger partial charge in [-0.3, -0.25) is 4.79 Å². The van der Waals surface area contributed by atoms with E-state index in [2.05, 4.69) is 25.5 Å². The molecule has 2 N–H and O–H groups in total. The van der Waals surface area contributed by atoms with Crippen LogP contribution in [0.5, 0.6) is 0 Å². The van der Waals surface area contributed by atoms with Crippen molar-refractivity contribution in [2.24, 2.45) is 0 Å². The van der Waals surface area contributed by atoms with Crippen molar-refractivity contribution in [3.63, 3.8) is 0 Å². The SMILES string of the molecule is Cc1ccc(NC(=O)c2cc(C)nc(NCCCN(C)C)n2)cc1. The van der Waals surface area contributed by atoms with Gasteiger partial charge in [-0.1, -0.05) is 17.7 Å². The second-order valence-electron chi connectivity index (χ2n) is 6.12. The first-order chi connectivity index (χ1) is 11.4. The Morgan fingerprint density at radius 2 is 1.83 bits per heavy atom. The summed E-state index contributed by atoms with van der Waals surface area (Å²) in [5, 5.41) is 6.04. The summed E-state index contributed by atoms with van der Waals surface area (Å²) in [5.41, 5.74) is 3.02. The van der Waals surface area contributed by atoms with Gasteiger partial charge in [-0.2, -0.15) is 0 Å². The molecule has 0 spiro atoms. The maximum absolute atomic E-state index is 12.4. The molecule has 6 heteroatoms. The zero-order chi connectivity index (χ0) is 17.5. The highest BCUT2D eigenvalue weighted by Crippen LogP contribution is 2.11. The molecule has 1 aromatic carbocycles. The van der Waals surface area contributed by atoms with Gasteiger partial charge >= 0.3 is 0 Å². The zero-order valence-corrected chi connectivity index (χ0v) is 14.8. The van der Waals surface area contributed by atoms with Gasteiger partial charge in [0.2, 0.25) is 5.95 Å². The Balaban J connectivity index is 2.01. The number of nitrogens with one attached hydrogen (secondary N) is 2. The van der Waals surface area contributed by atoms with Crippen molar-refractivity contribution in [2.75, 3.05) is 37.8 Å². The van der Waals surface area contributed by atoms with Crippen LogP contribution in [0.15, 0.2) is 30.3 Å². The maximum atomic E-state index is 12.4. The molecule has 24 heavy (non-hydrogen) atoms. The summed E-state index contributed by atoms with van der Waals surface area (Å²) in [6.07, 6.45) is 0.981. The van der Waals surface area contributed by atoms with Crippen LogP contribution < -0.4 is 10.6 Å². The van der Waals surface area contributed by atoms with Crippen LogP contribution >= 0.6 is 0 Å². The van der Waals surface area contributed by atoms with Crippen LogP contribution in [-0.2, 0) is 0 Å². The van der Waals surface area contributed by atoms with Gasteiger partial charge in [0, 0.05) is 17.9 Å². The van der Waals surface area contributed by atoms with E-state index >= 15 is 0 Å². The lowest BCUT2D eigenvalue weighted by atomic mass is 10.2. The Hall–Kier alpha value is -2.47. The Morgan fingerprint density at radius 3 is 2.50 bits per heavy atom. The average molecular weight is 327 g/mol. The number of hydrogen-bond acceptors (Lipinski definition) is 5. The van der Waals surface area contributed by atoms with E-state index in [1.165, 1.54) is 0 Å². The van der Waals surface area contributed by atoms with Gasteiger partial charge in [0.15, 0.2) is 0 Å². The minimum Gasteiger partial charge on any atom is -0.354 e. The van der Waals surface area contributed by atoms with Crippen LogP contribution in [-0.4, -0.2) is 48.0 Å². The zero-order valence-electron chi connectivity index (χ0n) is 14.8. The number of anilines is 2. The molecule has 0 aliphatic rings. The van der Waals surface area contributed by atoms with E-state index in [1.54, 1.807) is 6.07 Å². The van der Waals surface area contributed by atoms with Crippen LogP contribution in [0.1, 0.15) is 28.2 Å². The molecule has 0 atom stereocenters. The highest BCUT2D eigenvalue weighted by atomic mass is 16.1. The minimum atomic E-state index is -0.235. The van der Waals surface area contributed by atoms with Crippen LogP contribution in [0.3, 0.4) is 0 Å². The number of carbonyl (C=O) groups is 1. The van der Waals surface area contributed by atoms with Gasteiger partial charge in [-0.25, -0.2) is 9.97 Å². The highest BCUT2D eigenvalue weighted by molar-refractivity contribution is 6.03. The Kier molecular flexibility index (Phi) is 6.26. The molecule has 1 amide bonds. The van der Waals surface area contributed by atoms with Gasteiger partial charge < -0.3 is 15.5 Å². The predicted octanol–water partition coefficient (Wildman–Crippen LogP) is 2.71. The van der Waals surface area contributed by atoms with Gasteiger partial charge in [-0.05, 0) is 59.1 Å². The largest absolute Gasteiger partial charge is 0.354 e. The molecule has 0 bridgehead atoms. The fourth-order valence-corrected chi connectivity index (χ4v) is 2.19. The van der Waals surface area contributed by atoms with Crippen molar-refractivity contribution >= 4 is 17.5 Å². The van der Waals surface area contributed by atoms with Crippen molar-refractivity contribution < 1.29 is 4.79 Å². The second kappa shape index (κ2) is 8.40. The quantitative estimate of drug-likeness (QED) is 0.765. The molecule has 0 aliphatic carbocycles. The number of aromatic nitrogens is 2. The summed E-state index contributed by atoms with van der Waals surface area (Å²) in [6, 6.07) is 9.36. The molecule has 1 heterocycles. The summed E-state index contributed by atoms with van der Waals surface area (Å²) in [6.45, 7) is 5.61. The third-order valence-electron chi connectivity index (χ3n) is 3.46. The number of amides is 1. The summed E-state index contributed by atoms with van der Waals surface area (Å²) in [7, 11) is 4.08. The van der Waals surface area contributed by atoms with Crippen LogP contribution in [0.2, 0.25) is 0 Å². The fourth-order valence-electron chi connectivity index (χ4n) is 2.19. The number of carbonyl (C=O) groups excluding carboxylic acids is 1. The van der Waals surface area contributed by atoms with Crippen molar-refractivity contribution in [1.82, 2.24) is 14.9 Å². The first-order valence-corrected chi connectivity index (χ1v) is 8.06. The van der Waals surface area contributed by atoms with Gasteiger partial charge in [0.25, 0.3) is 5.91 Å². The summed E-state index contributed by atoms with van der Waals surface area (Å²) < 4.78 is 0. The van der Waals surface area contributed by atoms with Crippen molar-refractivity contribution in [2.45, 2.75) is 20.3 Å². The molecule has 0 saturated carbocycles. The summed E-state index contributed by atoms with van der Waals surface area (Å²) in [4.78, 5) is 23.2. The van der Waals surface area contributed by atoms with Crippen LogP contribution in [0, 0.1) is 13.8 Å².